The molecule has 0 fully saturated rings. The molecule has 0 aromatic heterocycles. The first kappa shape index (κ1) is 12.7. The van der Waals surface area contributed by atoms with Crippen molar-refractivity contribution < 1.29 is 13.2 Å². The third-order valence-electron chi connectivity index (χ3n) is 1.59. The van der Waals surface area contributed by atoms with Crippen LogP contribution in [0.5, 0.6) is 0 Å². The fourth-order valence-corrected chi connectivity index (χ4v) is 1.40. The van der Waals surface area contributed by atoms with Crippen LogP contribution in [0.2, 0.25) is 0 Å². The van der Waals surface area contributed by atoms with Crippen molar-refractivity contribution in [2.45, 2.75) is 4.90 Å². The lowest BCUT2D eigenvalue weighted by Gasteiger charge is -1.97. The van der Waals surface area contributed by atoms with Gasteiger partial charge in [-0.25, -0.2) is 13.6 Å². The third kappa shape index (κ3) is 3.65. The minimum Gasteiger partial charge on any atom is -0.472 e. The van der Waals surface area contributed by atoms with Crippen molar-refractivity contribution in [1.82, 2.24) is 0 Å². The highest BCUT2D eigenvalue weighted by Crippen LogP contribution is 2.15. The number of rotatable bonds is 2. The molecule has 0 bridgehead atoms. The summed E-state index contributed by atoms with van der Waals surface area (Å²) in [5.74, 6) is 0. The summed E-state index contributed by atoms with van der Waals surface area (Å²) < 4.78 is 26.5. The molecule has 0 aliphatic carbocycles. The van der Waals surface area contributed by atoms with E-state index in [1.807, 2.05) is 0 Å². The Labute approximate surface area is 98.2 Å². The molecule has 1 rings (SSSR count). The van der Waals surface area contributed by atoms with Crippen LogP contribution in [-0.2, 0) is 14.8 Å². The molecule has 0 radical (unpaired) electrons. The van der Waals surface area contributed by atoms with E-state index in [1.54, 1.807) is 0 Å². The predicted octanol–water partition coefficient (Wildman–Crippen LogP) is 1.35. The molecule has 2 N–H and O–H groups in total. The summed E-state index contributed by atoms with van der Waals surface area (Å²) in [7, 11) is -2.30. The van der Waals surface area contributed by atoms with E-state index in [4.69, 9.17) is 5.14 Å². The highest BCUT2D eigenvalue weighted by molar-refractivity contribution is 7.89. The van der Waals surface area contributed by atoms with Gasteiger partial charge in [-0.1, -0.05) is 5.11 Å². The first-order valence-electron chi connectivity index (χ1n) is 4.06. The van der Waals surface area contributed by atoms with Crippen molar-refractivity contribution in [2.24, 2.45) is 15.4 Å². The number of ether oxygens (including phenoxy) is 1. The van der Waals surface area contributed by atoms with Crippen LogP contribution < -0.4 is 5.14 Å². The second kappa shape index (κ2) is 5.10. The van der Waals surface area contributed by atoms with Crippen LogP contribution in [0.4, 0.5) is 5.69 Å². The standard InChI is InChI=1S/C8H9N3O3S2/c1-14-8(15)11-10-6-2-4-7(5-3-6)16(9,12)13/h2-5H,1H3,(H2,9,12,13). The van der Waals surface area contributed by atoms with Gasteiger partial charge in [0.05, 0.1) is 17.7 Å². The molecule has 0 aliphatic heterocycles. The zero-order chi connectivity index (χ0) is 12.2. The van der Waals surface area contributed by atoms with Gasteiger partial charge in [0.1, 0.15) is 0 Å². The SMILES string of the molecule is COC(=S)N=Nc1ccc(S(N)(=O)=O)cc1. The van der Waals surface area contributed by atoms with Crippen LogP contribution in [-0.4, -0.2) is 20.7 Å². The molecule has 0 saturated heterocycles. The zero-order valence-corrected chi connectivity index (χ0v) is 9.96. The molecule has 0 saturated carbocycles. The van der Waals surface area contributed by atoms with E-state index >= 15 is 0 Å². The first-order chi connectivity index (χ1) is 7.43. The Morgan fingerprint density at radius 3 is 2.38 bits per heavy atom. The lowest BCUT2D eigenvalue weighted by atomic mass is 10.3. The largest absolute Gasteiger partial charge is 0.472 e. The van der Waals surface area contributed by atoms with E-state index in [-0.39, 0.29) is 10.1 Å². The lowest BCUT2D eigenvalue weighted by molar-refractivity contribution is 0.406. The summed E-state index contributed by atoms with van der Waals surface area (Å²) in [6.45, 7) is 0. The number of sulfonamides is 1. The summed E-state index contributed by atoms with van der Waals surface area (Å²) in [6.07, 6.45) is 0. The Hall–Kier alpha value is -1.38. The minimum absolute atomic E-state index is 0.00415. The number of methoxy groups -OCH3 is 1. The summed E-state index contributed by atoms with van der Waals surface area (Å²) in [4.78, 5) is 0.0146. The van der Waals surface area contributed by atoms with Crippen LogP contribution in [0.15, 0.2) is 39.4 Å². The smallest absolute Gasteiger partial charge is 0.302 e. The van der Waals surface area contributed by atoms with E-state index in [9.17, 15) is 8.42 Å². The first-order valence-corrected chi connectivity index (χ1v) is 6.01. The van der Waals surface area contributed by atoms with Gasteiger partial charge in [0, 0.05) is 0 Å². The molecule has 0 heterocycles. The molecule has 16 heavy (non-hydrogen) atoms. The average Bonchev–Trinajstić information content (AvgIpc) is 2.25. The molecule has 1 aromatic rings. The van der Waals surface area contributed by atoms with Crippen LogP contribution >= 0.6 is 12.2 Å². The van der Waals surface area contributed by atoms with Crippen LogP contribution in [0.1, 0.15) is 0 Å². The molecule has 0 unspecified atom stereocenters. The number of thiocarbonyl (C=S) groups is 1. The quantitative estimate of drug-likeness (QED) is 0.640. The van der Waals surface area contributed by atoms with Crippen LogP contribution in [0.3, 0.4) is 0 Å². The van der Waals surface area contributed by atoms with Crippen LogP contribution in [0.25, 0.3) is 0 Å². The molecule has 0 amide bonds. The molecule has 1 aromatic carbocycles. The van der Waals surface area contributed by atoms with Crippen molar-refractivity contribution in [2.75, 3.05) is 7.11 Å². The number of hydrogen-bond acceptors (Lipinski definition) is 5. The number of hydrogen-bond donors (Lipinski definition) is 1. The number of nitrogens with two attached hydrogens (primary N) is 1. The van der Waals surface area contributed by atoms with Gasteiger partial charge in [-0.3, -0.25) is 0 Å². The molecule has 0 aliphatic rings. The van der Waals surface area contributed by atoms with E-state index in [0.29, 0.717) is 5.69 Å². The van der Waals surface area contributed by atoms with Gasteiger partial charge >= 0.3 is 5.17 Å². The second-order valence-corrected chi connectivity index (χ2v) is 4.62. The van der Waals surface area contributed by atoms with E-state index in [0.717, 1.165) is 0 Å². The number of nitrogens with zero attached hydrogens (tertiary/aromatic N) is 2. The third-order valence-corrected chi connectivity index (χ3v) is 2.76. The van der Waals surface area contributed by atoms with Gasteiger partial charge < -0.3 is 4.74 Å². The van der Waals surface area contributed by atoms with Gasteiger partial charge in [-0.05, 0) is 36.5 Å². The van der Waals surface area contributed by atoms with Crippen molar-refractivity contribution >= 4 is 33.1 Å². The van der Waals surface area contributed by atoms with Gasteiger partial charge in [0.15, 0.2) is 0 Å². The van der Waals surface area contributed by atoms with Gasteiger partial charge in [0.2, 0.25) is 10.0 Å². The monoisotopic (exact) mass is 259 g/mol. The van der Waals surface area contributed by atoms with E-state index < -0.39 is 10.0 Å². The summed E-state index contributed by atoms with van der Waals surface area (Å²) in [5, 5.41) is 12.2. The molecule has 0 atom stereocenters. The highest BCUT2D eigenvalue weighted by Gasteiger charge is 2.06. The Morgan fingerprint density at radius 1 is 1.38 bits per heavy atom. The summed E-state index contributed by atoms with van der Waals surface area (Å²) >= 11 is 4.64. The number of primary sulfonamides is 1. The number of benzene rings is 1. The lowest BCUT2D eigenvalue weighted by Crippen LogP contribution is -2.11. The topological polar surface area (TPSA) is 94.1 Å². The molecule has 0 spiro atoms. The fraction of sp³-hybridized carbons (Fsp3) is 0.125. The van der Waals surface area contributed by atoms with Crippen molar-refractivity contribution in [3.8, 4) is 0 Å². The van der Waals surface area contributed by atoms with Crippen molar-refractivity contribution in [3.63, 3.8) is 0 Å². The normalized spacial score (nSPS) is 11.6. The van der Waals surface area contributed by atoms with Crippen molar-refractivity contribution in [3.05, 3.63) is 24.3 Å². The highest BCUT2D eigenvalue weighted by atomic mass is 32.2. The van der Waals surface area contributed by atoms with Gasteiger partial charge in [-0.2, -0.15) is 0 Å². The Bertz CT molecular complexity index is 508. The molecular formula is C8H9N3O3S2. The van der Waals surface area contributed by atoms with Crippen LogP contribution in [0, 0.1) is 0 Å². The zero-order valence-electron chi connectivity index (χ0n) is 8.32. The molecule has 86 valence electrons. The average molecular weight is 259 g/mol. The van der Waals surface area contributed by atoms with Gasteiger partial charge in [-0.15, -0.1) is 5.11 Å². The summed E-state index contributed by atoms with van der Waals surface area (Å²) in [6, 6.07) is 5.59. The van der Waals surface area contributed by atoms with E-state index in [2.05, 4.69) is 27.2 Å². The second-order valence-electron chi connectivity index (χ2n) is 2.71. The predicted molar refractivity (Wildman–Crippen MR) is 61.9 cm³/mol. The summed E-state index contributed by atoms with van der Waals surface area (Å²) in [5.41, 5.74) is 0.451. The van der Waals surface area contributed by atoms with Crippen molar-refractivity contribution in [1.29, 1.82) is 0 Å². The van der Waals surface area contributed by atoms with E-state index in [1.165, 1.54) is 31.4 Å². The molecular weight excluding hydrogens is 250 g/mol. The maximum absolute atomic E-state index is 10.9. The molecule has 6 nitrogen and oxygen atoms in total. The minimum atomic E-state index is -3.68. The Morgan fingerprint density at radius 2 is 1.94 bits per heavy atom. The Kier molecular flexibility index (Phi) is 4.05. The molecule has 8 heteroatoms. The maximum atomic E-state index is 10.9. The fourth-order valence-electron chi connectivity index (χ4n) is 0.842. The Balaban J connectivity index is 2.88. The number of azo groups is 1. The van der Waals surface area contributed by atoms with Gasteiger partial charge in [0.25, 0.3) is 0 Å². The maximum Gasteiger partial charge on any atom is 0.302 e.